The van der Waals surface area contributed by atoms with Gasteiger partial charge in [0.2, 0.25) is 0 Å². The SMILES string of the molecule is CCc1cc(CC2(O)CCC(C)CC2)n(CC)n1. The van der Waals surface area contributed by atoms with Crippen LogP contribution in [0.4, 0.5) is 0 Å². The number of hydrogen-bond acceptors (Lipinski definition) is 2. The average Bonchev–Trinajstić information content (AvgIpc) is 2.75. The van der Waals surface area contributed by atoms with Crippen molar-refractivity contribution >= 4 is 0 Å². The minimum atomic E-state index is -0.496. The summed E-state index contributed by atoms with van der Waals surface area (Å²) in [5, 5.41) is 15.3. The van der Waals surface area contributed by atoms with Gasteiger partial charge in [0.1, 0.15) is 0 Å². The lowest BCUT2D eigenvalue weighted by molar-refractivity contribution is -0.00825. The van der Waals surface area contributed by atoms with Gasteiger partial charge in [0, 0.05) is 18.7 Å². The van der Waals surface area contributed by atoms with Crippen LogP contribution < -0.4 is 0 Å². The summed E-state index contributed by atoms with van der Waals surface area (Å²) in [6.45, 7) is 7.42. The molecule has 0 spiro atoms. The Hall–Kier alpha value is -0.830. The number of hydrogen-bond donors (Lipinski definition) is 1. The molecule has 0 aliphatic heterocycles. The first-order valence-corrected chi connectivity index (χ1v) is 7.34. The molecule has 0 aromatic carbocycles. The second-order valence-corrected chi connectivity index (χ2v) is 5.88. The Morgan fingerprint density at radius 1 is 1.39 bits per heavy atom. The van der Waals surface area contributed by atoms with Crippen molar-refractivity contribution in [3.8, 4) is 0 Å². The maximum absolute atomic E-state index is 10.7. The lowest BCUT2D eigenvalue weighted by Gasteiger charge is -2.35. The molecule has 0 unspecified atom stereocenters. The maximum atomic E-state index is 10.7. The van der Waals surface area contributed by atoms with E-state index in [2.05, 4.69) is 36.6 Å². The number of nitrogens with zero attached hydrogens (tertiary/aromatic N) is 2. The Labute approximate surface area is 110 Å². The van der Waals surface area contributed by atoms with Crippen molar-refractivity contribution in [2.45, 2.75) is 71.4 Å². The Bertz CT molecular complexity index is 389. The van der Waals surface area contributed by atoms with E-state index in [4.69, 9.17) is 0 Å². The highest BCUT2D eigenvalue weighted by Crippen LogP contribution is 2.34. The topological polar surface area (TPSA) is 38.0 Å². The molecule has 1 aliphatic rings. The highest BCUT2D eigenvalue weighted by molar-refractivity contribution is 5.13. The molecule has 1 aliphatic carbocycles. The lowest BCUT2D eigenvalue weighted by Crippen LogP contribution is -2.36. The van der Waals surface area contributed by atoms with Gasteiger partial charge in [0.05, 0.1) is 11.3 Å². The molecular formula is C15H26N2O. The van der Waals surface area contributed by atoms with E-state index in [1.54, 1.807) is 0 Å². The summed E-state index contributed by atoms with van der Waals surface area (Å²) in [5.41, 5.74) is 1.84. The fraction of sp³-hybridized carbons (Fsp3) is 0.800. The van der Waals surface area contributed by atoms with Crippen molar-refractivity contribution in [2.24, 2.45) is 5.92 Å². The molecule has 0 saturated heterocycles. The molecule has 1 aromatic rings. The Morgan fingerprint density at radius 3 is 2.61 bits per heavy atom. The van der Waals surface area contributed by atoms with Crippen molar-refractivity contribution in [3.63, 3.8) is 0 Å². The third-order valence-corrected chi connectivity index (χ3v) is 4.29. The summed E-state index contributed by atoms with van der Waals surface area (Å²) in [4.78, 5) is 0. The quantitative estimate of drug-likeness (QED) is 0.892. The van der Waals surface area contributed by atoms with Crippen LogP contribution in [0.2, 0.25) is 0 Å². The van der Waals surface area contributed by atoms with Crippen LogP contribution in [0.1, 0.15) is 57.8 Å². The van der Waals surface area contributed by atoms with Gasteiger partial charge in [-0.05, 0) is 51.0 Å². The van der Waals surface area contributed by atoms with Crippen molar-refractivity contribution in [1.29, 1.82) is 0 Å². The molecule has 3 heteroatoms. The monoisotopic (exact) mass is 250 g/mol. The van der Waals surface area contributed by atoms with E-state index in [-0.39, 0.29) is 0 Å². The van der Waals surface area contributed by atoms with Crippen LogP contribution in [0.5, 0.6) is 0 Å². The highest BCUT2D eigenvalue weighted by Gasteiger charge is 2.32. The molecule has 3 nitrogen and oxygen atoms in total. The van der Waals surface area contributed by atoms with Crippen LogP contribution in [0.15, 0.2) is 6.07 Å². The standard InChI is InChI=1S/C15H26N2O/c1-4-13-10-14(17(5-2)16-13)11-15(18)8-6-12(3)7-9-15/h10,12,18H,4-9,11H2,1-3H3. The largest absolute Gasteiger partial charge is 0.389 e. The lowest BCUT2D eigenvalue weighted by atomic mass is 9.77. The average molecular weight is 250 g/mol. The molecule has 18 heavy (non-hydrogen) atoms. The summed E-state index contributed by atoms with van der Waals surface area (Å²) in [6.07, 6.45) is 5.90. The molecule has 1 heterocycles. The van der Waals surface area contributed by atoms with Crippen LogP contribution in [0.25, 0.3) is 0 Å². The van der Waals surface area contributed by atoms with Crippen molar-refractivity contribution in [2.75, 3.05) is 0 Å². The Balaban J connectivity index is 2.10. The van der Waals surface area contributed by atoms with Crippen LogP contribution in [0, 0.1) is 5.92 Å². The van der Waals surface area contributed by atoms with E-state index >= 15 is 0 Å². The van der Waals surface area contributed by atoms with Gasteiger partial charge >= 0.3 is 0 Å². The number of aromatic nitrogens is 2. The van der Waals surface area contributed by atoms with E-state index < -0.39 is 5.60 Å². The van der Waals surface area contributed by atoms with E-state index in [1.165, 1.54) is 5.69 Å². The molecule has 102 valence electrons. The van der Waals surface area contributed by atoms with Gasteiger partial charge in [-0.25, -0.2) is 0 Å². The molecule has 0 bridgehead atoms. The third kappa shape index (κ3) is 2.94. The predicted molar refractivity (Wildman–Crippen MR) is 73.6 cm³/mol. The molecule has 1 N–H and O–H groups in total. The molecule has 0 atom stereocenters. The minimum absolute atomic E-state index is 0.496. The molecule has 1 fully saturated rings. The van der Waals surface area contributed by atoms with Crippen LogP contribution in [0.3, 0.4) is 0 Å². The fourth-order valence-corrected chi connectivity index (χ4v) is 2.92. The Kier molecular flexibility index (Phi) is 4.10. The first-order chi connectivity index (χ1) is 8.56. The van der Waals surface area contributed by atoms with E-state index in [1.807, 2.05) is 0 Å². The smallest absolute Gasteiger partial charge is 0.0703 e. The number of aryl methyl sites for hydroxylation is 2. The molecule has 0 amide bonds. The molecule has 0 radical (unpaired) electrons. The van der Waals surface area contributed by atoms with Crippen molar-refractivity contribution in [3.05, 3.63) is 17.5 Å². The first kappa shape index (κ1) is 13.6. The number of aliphatic hydroxyl groups is 1. The highest BCUT2D eigenvalue weighted by atomic mass is 16.3. The fourth-order valence-electron chi connectivity index (χ4n) is 2.92. The second kappa shape index (κ2) is 5.43. The van der Waals surface area contributed by atoms with Gasteiger partial charge in [-0.2, -0.15) is 5.10 Å². The van der Waals surface area contributed by atoms with Gasteiger partial charge < -0.3 is 5.11 Å². The van der Waals surface area contributed by atoms with Gasteiger partial charge in [-0.3, -0.25) is 4.68 Å². The van der Waals surface area contributed by atoms with Gasteiger partial charge in [-0.15, -0.1) is 0 Å². The summed E-state index contributed by atoms with van der Waals surface area (Å²) < 4.78 is 2.05. The Morgan fingerprint density at radius 2 is 2.06 bits per heavy atom. The first-order valence-electron chi connectivity index (χ1n) is 7.34. The van der Waals surface area contributed by atoms with Gasteiger partial charge in [0.25, 0.3) is 0 Å². The van der Waals surface area contributed by atoms with Crippen molar-refractivity contribution < 1.29 is 5.11 Å². The van der Waals surface area contributed by atoms with Crippen LogP contribution in [-0.2, 0) is 19.4 Å². The molecule has 2 rings (SSSR count). The minimum Gasteiger partial charge on any atom is -0.389 e. The number of rotatable bonds is 4. The maximum Gasteiger partial charge on any atom is 0.0703 e. The van der Waals surface area contributed by atoms with Crippen LogP contribution in [-0.4, -0.2) is 20.5 Å². The molecule has 1 saturated carbocycles. The normalized spacial score (nSPS) is 28.6. The summed E-state index contributed by atoms with van der Waals surface area (Å²) in [7, 11) is 0. The van der Waals surface area contributed by atoms with Crippen LogP contribution >= 0.6 is 0 Å². The summed E-state index contributed by atoms with van der Waals surface area (Å²) in [5.74, 6) is 0.771. The third-order valence-electron chi connectivity index (χ3n) is 4.29. The zero-order chi connectivity index (χ0) is 13.2. The van der Waals surface area contributed by atoms with Gasteiger partial charge in [0.15, 0.2) is 0 Å². The predicted octanol–water partition coefficient (Wildman–Crippen LogP) is 2.95. The second-order valence-electron chi connectivity index (χ2n) is 5.88. The van der Waals surface area contributed by atoms with Gasteiger partial charge in [-0.1, -0.05) is 13.8 Å². The van der Waals surface area contributed by atoms with E-state index in [0.29, 0.717) is 0 Å². The summed E-state index contributed by atoms with van der Waals surface area (Å²) >= 11 is 0. The zero-order valence-corrected chi connectivity index (χ0v) is 11.9. The molecule has 1 aromatic heterocycles. The summed E-state index contributed by atoms with van der Waals surface area (Å²) in [6, 6.07) is 2.17. The van der Waals surface area contributed by atoms with E-state index in [9.17, 15) is 5.11 Å². The molecular weight excluding hydrogens is 224 g/mol. The zero-order valence-electron chi connectivity index (χ0n) is 11.9. The van der Waals surface area contributed by atoms with E-state index in [0.717, 1.165) is 56.7 Å². The van der Waals surface area contributed by atoms with Crippen molar-refractivity contribution in [1.82, 2.24) is 9.78 Å².